The first-order valence-electron chi connectivity index (χ1n) is 6.53. The van der Waals surface area contributed by atoms with Gasteiger partial charge in [-0.2, -0.15) is 13.2 Å². The van der Waals surface area contributed by atoms with Gasteiger partial charge in [0.1, 0.15) is 0 Å². The molecule has 0 N–H and O–H groups in total. The molecular formula is C14H18F3N. The summed E-state index contributed by atoms with van der Waals surface area (Å²) in [5, 5.41) is 0. The first-order valence-corrected chi connectivity index (χ1v) is 6.53. The van der Waals surface area contributed by atoms with Crippen LogP contribution in [0.15, 0.2) is 18.5 Å². The van der Waals surface area contributed by atoms with Crippen molar-refractivity contribution in [3.8, 4) is 0 Å². The van der Waals surface area contributed by atoms with E-state index in [1.165, 1.54) is 12.4 Å². The molecule has 0 radical (unpaired) electrons. The molecule has 1 aliphatic rings. The highest BCUT2D eigenvalue weighted by Gasteiger charge is 2.36. The second-order valence-corrected chi connectivity index (χ2v) is 5.09. The Morgan fingerprint density at radius 3 is 2.44 bits per heavy atom. The van der Waals surface area contributed by atoms with Crippen LogP contribution in [0.4, 0.5) is 13.2 Å². The van der Waals surface area contributed by atoms with Gasteiger partial charge in [0.2, 0.25) is 0 Å². The van der Waals surface area contributed by atoms with Gasteiger partial charge in [-0.3, -0.25) is 4.98 Å². The highest BCUT2D eigenvalue weighted by atomic mass is 19.4. The van der Waals surface area contributed by atoms with E-state index in [9.17, 15) is 13.2 Å². The molecule has 1 aliphatic carbocycles. The van der Waals surface area contributed by atoms with E-state index in [0.717, 1.165) is 38.2 Å². The maximum Gasteiger partial charge on any atom is 0.416 e. The zero-order valence-corrected chi connectivity index (χ0v) is 10.5. The third-order valence-corrected chi connectivity index (χ3v) is 4.02. The number of nitrogens with zero attached hydrogens (tertiary/aromatic N) is 1. The zero-order valence-electron chi connectivity index (χ0n) is 10.5. The van der Waals surface area contributed by atoms with Crippen LogP contribution in [0.5, 0.6) is 0 Å². The lowest BCUT2D eigenvalue weighted by Crippen LogP contribution is -2.17. The molecule has 0 spiro atoms. The van der Waals surface area contributed by atoms with Crippen molar-refractivity contribution in [1.29, 1.82) is 0 Å². The van der Waals surface area contributed by atoms with Crippen LogP contribution in [-0.2, 0) is 6.18 Å². The number of rotatable bonds is 2. The summed E-state index contributed by atoms with van der Waals surface area (Å²) < 4.78 is 38.8. The highest BCUT2D eigenvalue weighted by molar-refractivity contribution is 5.30. The summed E-state index contributed by atoms with van der Waals surface area (Å²) in [6, 6.07) is 1.10. The van der Waals surface area contributed by atoms with Crippen molar-refractivity contribution < 1.29 is 13.2 Å². The Bertz CT molecular complexity index is 392. The van der Waals surface area contributed by atoms with Gasteiger partial charge in [-0.05, 0) is 49.1 Å². The van der Waals surface area contributed by atoms with Crippen LogP contribution in [0.2, 0.25) is 0 Å². The fourth-order valence-electron chi connectivity index (χ4n) is 2.87. The predicted molar refractivity (Wildman–Crippen MR) is 64.2 cm³/mol. The van der Waals surface area contributed by atoms with E-state index in [2.05, 4.69) is 11.9 Å². The molecule has 0 amide bonds. The Morgan fingerprint density at radius 2 is 1.89 bits per heavy atom. The summed E-state index contributed by atoms with van der Waals surface area (Å²) in [6.45, 7) is 2.15. The van der Waals surface area contributed by atoms with E-state index in [4.69, 9.17) is 0 Å². The van der Waals surface area contributed by atoms with E-state index >= 15 is 0 Å². The molecule has 0 aromatic carbocycles. The third-order valence-electron chi connectivity index (χ3n) is 4.02. The van der Waals surface area contributed by atoms with Crippen molar-refractivity contribution in [2.45, 2.75) is 51.1 Å². The minimum absolute atomic E-state index is 0.0260. The molecule has 1 aromatic heterocycles. The van der Waals surface area contributed by atoms with E-state index < -0.39 is 11.7 Å². The van der Waals surface area contributed by atoms with Crippen LogP contribution in [0, 0.1) is 5.92 Å². The second kappa shape index (κ2) is 5.29. The first-order chi connectivity index (χ1) is 8.52. The third kappa shape index (κ3) is 2.85. The molecule has 1 fully saturated rings. The molecule has 1 aromatic rings. The molecule has 0 aliphatic heterocycles. The van der Waals surface area contributed by atoms with Gasteiger partial charge >= 0.3 is 6.18 Å². The molecule has 0 bridgehead atoms. The molecule has 1 heterocycles. The summed E-state index contributed by atoms with van der Waals surface area (Å²) in [5.41, 5.74) is -0.114. The Labute approximate surface area is 105 Å². The lowest BCUT2D eigenvalue weighted by Gasteiger charge is -2.29. The molecule has 4 heteroatoms. The van der Waals surface area contributed by atoms with Crippen LogP contribution in [0.1, 0.15) is 56.1 Å². The smallest absolute Gasteiger partial charge is 0.264 e. The number of hydrogen-bond donors (Lipinski definition) is 0. The van der Waals surface area contributed by atoms with E-state index in [1.54, 1.807) is 0 Å². The van der Waals surface area contributed by atoms with Gasteiger partial charge in [0.05, 0.1) is 5.56 Å². The Morgan fingerprint density at radius 1 is 1.22 bits per heavy atom. The van der Waals surface area contributed by atoms with Crippen LogP contribution >= 0.6 is 0 Å². The standard InChI is InChI=1S/C14H18F3N/c1-2-10-3-5-11(6-4-10)12-9-18-8-7-13(12)14(15,16)17/h7-11H,2-6H2,1H3. The number of alkyl halides is 3. The van der Waals surface area contributed by atoms with Gasteiger partial charge in [-0.25, -0.2) is 0 Å². The van der Waals surface area contributed by atoms with Crippen LogP contribution in [0.25, 0.3) is 0 Å². The fraction of sp³-hybridized carbons (Fsp3) is 0.643. The van der Waals surface area contributed by atoms with Gasteiger partial charge in [0.25, 0.3) is 0 Å². The van der Waals surface area contributed by atoms with Crippen molar-refractivity contribution in [2.75, 3.05) is 0 Å². The molecule has 100 valence electrons. The molecule has 1 saturated carbocycles. The maximum absolute atomic E-state index is 12.9. The van der Waals surface area contributed by atoms with Gasteiger partial charge in [0, 0.05) is 12.4 Å². The zero-order chi connectivity index (χ0) is 13.2. The number of pyridine rings is 1. The summed E-state index contributed by atoms with van der Waals surface area (Å²) in [6.07, 6.45) is 3.27. The normalized spacial score (nSPS) is 25.1. The van der Waals surface area contributed by atoms with E-state index in [1.807, 2.05) is 0 Å². The van der Waals surface area contributed by atoms with Gasteiger partial charge in [0.15, 0.2) is 0 Å². The monoisotopic (exact) mass is 257 g/mol. The highest BCUT2D eigenvalue weighted by Crippen LogP contribution is 2.41. The molecular weight excluding hydrogens is 239 g/mol. The lowest BCUT2D eigenvalue weighted by atomic mass is 9.77. The largest absolute Gasteiger partial charge is 0.416 e. The van der Waals surface area contributed by atoms with Crippen LogP contribution in [-0.4, -0.2) is 4.98 Å². The lowest BCUT2D eigenvalue weighted by molar-refractivity contribution is -0.138. The SMILES string of the molecule is CCC1CCC(c2cnccc2C(F)(F)F)CC1. The Hall–Kier alpha value is -1.06. The van der Waals surface area contributed by atoms with Gasteiger partial charge in [-0.1, -0.05) is 13.3 Å². The molecule has 1 nitrogen and oxygen atoms in total. The average molecular weight is 257 g/mol. The topological polar surface area (TPSA) is 12.9 Å². The molecule has 0 unspecified atom stereocenters. The molecule has 0 saturated heterocycles. The molecule has 0 atom stereocenters. The average Bonchev–Trinajstić information content (AvgIpc) is 2.38. The number of hydrogen-bond acceptors (Lipinski definition) is 1. The van der Waals surface area contributed by atoms with Crippen molar-refractivity contribution in [2.24, 2.45) is 5.92 Å². The van der Waals surface area contributed by atoms with E-state index in [-0.39, 0.29) is 5.92 Å². The Kier molecular flexibility index (Phi) is 3.93. The van der Waals surface area contributed by atoms with Gasteiger partial charge in [-0.15, -0.1) is 0 Å². The van der Waals surface area contributed by atoms with E-state index in [0.29, 0.717) is 11.5 Å². The first kappa shape index (κ1) is 13.4. The Balaban J connectivity index is 2.19. The summed E-state index contributed by atoms with van der Waals surface area (Å²) in [7, 11) is 0. The van der Waals surface area contributed by atoms with Crippen molar-refractivity contribution in [3.05, 3.63) is 29.6 Å². The predicted octanol–water partition coefficient (Wildman–Crippen LogP) is 4.78. The van der Waals surface area contributed by atoms with Crippen LogP contribution in [0.3, 0.4) is 0 Å². The summed E-state index contributed by atoms with van der Waals surface area (Å²) in [5.74, 6) is 0.713. The minimum Gasteiger partial charge on any atom is -0.264 e. The quantitative estimate of drug-likeness (QED) is 0.742. The summed E-state index contributed by atoms with van der Waals surface area (Å²) in [4.78, 5) is 3.87. The molecule has 2 rings (SSSR count). The molecule has 18 heavy (non-hydrogen) atoms. The second-order valence-electron chi connectivity index (χ2n) is 5.09. The number of aromatic nitrogens is 1. The minimum atomic E-state index is -4.26. The fourth-order valence-corrected chi connectivity index (χ4v) is 2.87. The van der Waals surface area contributed by atoms with Crippen molar-refractivity contribution >= 4 is 0 Å². The number of halogens is 3. The van der Waals surface area contributed by atoms with Gasteiger partial charge < -0.3 is 0 Å². The van der Waals surface area contributed by atoms with Crippen molar-refractivity contribution in [1.82, 2.24) is 4.98 Å². The van der Waals surface area contributed by atoms with Crippen molar-refractivity contribution in [3.63, 3.8) is 0 Å². The maximum atomic E-state index is 12.9. The summed E-state index contributed by atoms with van der Waals surface area (Å²) >= 11 is 0. The van der Waals surface area contributed by atoms with Crippen LogP contribution < -0.4 is 0 Å².